The van der Waals surface area contributed by atoms with Crippen LogP contribution in [0, 0.1) is 0 Å². The van der Waals surface area contributed by atoms with Crippen LogP contribution in [0.2, 0.25) is 0 Å². The number of carbonyl (C=O) groups is 1. The molecule has 0 fully saturated rings. The molecule has 1 aliphatic rings. The lowest BCUT2D eigenvalue weighted by Crippen LogP contribution is -2.40. The predicted molar refractivity (Wildman–Crippen MR) is 97.3 cm³/mol. The molecule has 0 amide bonds. The van der Waals surface area contributed by atoms with Crippen molar-refractivity contribution in [2.24, 2.45) is 0 Å². The van der Waals surface area contributed by atoms with Gasteiger partial charge in [-0.05, 0) is 30.9 Å². The van der Waals surface area contributed by atoms with Crippen LogP contribution in [-0.4, -0.2) is 28.4 Å². The van der Waals surface area contributed by atoms with Crippen molar-refractivity contribution in [2.45, 2.75) is 32.7 Å². The second kappa shape index (κ2) is 6.96. The first-order valence-corrected chi connectivity index (χ1v) is 8.51. The molecule has 1 aliphatic heterocycles. The molecule has 0 saturated heterocycles. The largest absolute Gasteiger partial charge is 0.384 e. The number of ketones is 1. The molecule has 0 aliphatic carbocycles. The molecule has 1 aromatic carbocycles. The Morgan fingerprint density at radius 2 is 2.04 bits per heavy atom. The summed E-state index contributed by atoms with van der Waals surface area (Å²) in [6.45, 7) is 3.06. The number of hydrogen-bond acceptors (Lipinski definition) is 5. The number of anilines is 2. The van der Waals surface area contributed by atoms with Crippen molar-refractivity contribution in [2.75, 3.05) is 23.7 Å². The van der Waals surface area contributed by atoms with Gasteiger partial charge in [-0.25, -0.2) is 4.79 Å². The number of fused-ring (bicyclic) bond motifs is 1. The number of nitrogens with two attached hydrogens (primary N) is 1. The van der Waals surface area contributed by atoms with Crippen molar-refractivity contribution in [3.8, 4) is 0 Å². The van der Waals surface area contributed by atoms with Crippen LogP contribution in [0.4, 0.5) is 11.5 Å². The van der Waals surface area contributed by atoms with Gasteiger partial charge >= 0.3 is 5.69 Å². The quantitative estimate of drug-likeness (QED) is 0.794. The van der Waals surface area contributed by atoms with Gasteiger partial charge in [0.05, 0.1) is 6.54 Å². The molecule has 3 rings (SSSR count). The van der Waals surface area contributed by atoms with Crippen LogP contribution in [-0.2, 0) is 13.0 Å². The maximum absolute atomic E-state index is 12.8. The molecule has 2 heterocycles. The molecular formula is C18H22N4O3. The highest BCUT2D eigenvalue weighted by atomic mass is 16.2. The van der Waals surface area contributed by atoms with Crippen LogP contribution in [0.25, 0.3) is 0 Å². The Labute approximate surface area is 145 Å². The van der Waals surface area contributed by atoms with Crippen LogP contribution in [0.15, 0.2) is 33.9 Å². The Morgan fingerprint density at radius 1 is 1.28 bits per heavy atom. The molecule has 7 heteroatoms. The zero-order valence-corrected chi connectivity index (χ0v) is 14.2. The van der Waals surface area contributed by atoms with Gasteiger partial charge in [0.2, 0.25) is 0 Å². The highest BCUT2D eigenvalue weighted by Crippen LogP contribution is 2.26. The minimum atomic E-state index is -0.717. The molecule has 0 atom stereocenters. The third kappa shape index (κ3) is 3.22. The van der Waals surface area contributed by atoms with Gasteiger partial charge in [-0.15, -0.1) is 0 Å². The van der Waals surface area contributed by atoms with Crippen molar-refractivity contribution >= 4 is 17.3 Å². The molecule has 132 valence electrons. The van der Waals surface area contributed by atoms with Crippen molar-refractivity contribution in [1.82, 2.24) is 9.55 Å². The smallest absolute Gasteiger partial charge is 0.329 e. The van der Waals surface area contributed by atoms with E-state index >= 15 is 0 Å². The lowest BCUT2D eigenvalue weighted by Gasteiger charge is -2.30. The number of aromatic nitrogens is 2. The molecule has 0 radical (unpaired) electrons. The summed E-state index contributed by atoms with van der Waals surface area (Å²) in [6, 6.07) is 7.94. The summed E-state index contributed by atoms with van der Waals surface area (Å²) < 4.78 is 1.25. The average Bonchev–Trinajstić information content (AvgIpc) is 2.59. The first-order chi connectivity index (χ1) is 12.0. The summed E-state index contributed by atoms with van der Waals surface area (Å²) in [5.41, 5.74) is 6.76. The third-order valence-corrected chi connectivity index (χ3v) is 4.51. The minimum Gasteiger partial charge on any atom is -0.384 e. The lowest BCUT2D eigenvalue weighted by atomic mass is 10.0. The molecule has 0 bridgehead atoms. The first kappa shape index (κ1) is 17.0. The fourth-order valence-corrected chi connectivity index (χ4v) is 3.33. The van der Waals surface area contributed by atoms with Gasteiger partial charge in [-0.2, -0.15) is 0 Å². The van der Waals surface area contributed by atoms with Gasteiger partial charge in [0.15, 0.2) is 5.78 Å². The van der Waals surface area contributed by atoms with Crippen molar-refractivity contribution in [3.05, 3.63) is 56.2 Å². The van der Waals surface area contributed by atoms with Crippen molar-refractivity contribution in [1.29, 1.82) is 0 Å². The number of nitrogens with one attached hydrogen (secondary N) is 1. The number of para-hydroxylation sites is 1. The van der Waals surface area contributed by atoms with E-state index in [1.165, 1.54) is 10.1 Å². The number of nitrogens with zero attached hydrogens (tertiary/aromatic N) is 2. The SMILES string of the molecule is CCCn1c(N)c(C(=O)CN2CCCc3ccccc32)c(=O)[nH]c1=O. The Hall–Kier alpha value is -2.83. The van der Waals surface area contributed by atoms with E-state index in [0.717, 1.165) is 25.1 Å². The van der Waals surface area contributed by atoms with Gasteiger partial charge in [0.1, 0.15) is 11.4 Å². The third-order valence-electron chi connectivity index (χ3n) is 4.51. The number of benzene rings is 1. The minimum absolute atomic E-state index is 0.0501. The summed E-state index contributed by atoms with van der Waals surface area (Å²) >= 11 is 0. The topological polar surface area (TPSA) is 101 Å². The first-order valence-electron chi connectivity index (χ1n) is 8.51. The molecule has 0 saturated carbocycles. The van der Waals surface area contributed by atoms with Crippen LogP contribution in [0.3, 0.4) is 0 Å². The number of rotatable bonds is 5. The summed E-state index contributed by atoms with van der Waals surface area (Å²) in [6.07, 6.45) is 2.60. The molecule has 7 nitrogen and oxygen atoms in total. The Bertz CT molecular complexity index is 913. The summed E-state index contributed by atoms with van der Waals surface area (Å²) in [5, 5.41) is 0. The molecule has 0 spiro atoms. The van der Waals surface area contributed by atoms with E-state index in [1.807, 2.05) is 30.0 Å². The van der Waals surface area contributed by atoms with E-state index in [1.54, 1.807) is 0 Å². The monoisotopic (exact) mass is 342 g/mol. The second-order valence-electron chi connectivity index (χ2n) is 6.25. The fourth-order valence-electron chi connectivity index (χ4n) is 3.33. The Balaban J connectivity index is 1.94. The van der Waals surface area contributed by atoms with Gasteiger partial charge in [0, 0.05) is 18.8 Å². The fraction of sp³-hybridized carbons (Fsp3) is 0.389. The van der Waals surface area contributed by atoms with Gasteiger partial charge in [-0.3, -0.25) is 19.1 Å². The van der Waals surface area contributed by atoms with E-state index in [-0.39, 0.29) is 23.7 Å². The van der Waals surface area contributed by atoms with Crippen LogP contribution >= 0.6 is 0 Å². The van der Waals surface area contributed by atoms with Crippen molar-refractivity contribution in [3.63, 3.8) is 0 Å². The molecule has 25 heavy (non-hydrogen) atoms. The average molecular weight is 342 g/mol. The summed E-state index contributed by atoms with van der Waals surface area (Å²) in [4.78, 5) is 41.0. The zero-order chi connectivity index (χ0) is 18.0. The van der Waals surface area contributed by atoms with E-state index in [4.69, 9.17) is 5.73 Å². The Kier molecular flexibility index (Phi) is 4.74. The summed E-state index contributed by atoms with van der Waals surface area (Å²) in [7, 11) is 0. The number of Topliss-reactive ketones (excluding diaryl/α,β-unsaturated/α-hetero) is 1. The number of carbonyl (C=O) groups excluding carboxylic acids is 1. The van der Waals surface area contributed by atoms with Crippen LogP contribution in [0.1, 0.15) is 35.7 Å². The molecule has 2 aromatic rings. The maximum atomic E-state index is 12.8. The number of aryl methyl sites for hydroxylation is 1. The van der Waals surface area contributed by atoms with Crippen molar-refractivity contribution < 1.29 is 4.79 Å². The van der Waals surface area contributed by atoms with Crippen LogP contribution < -0.4 is 21.9 Å². The van der Waals surface area contributed by atoms with Crippen LogP contribution in [0.5, 0.6) is 0 Å². The molecule has 3 N–H and O–H groups in total. The number of hydrogen-bond donors (Lipinski definition) is 2. The normalized spacial score (nSPS) is 13.6. The number of nitrogen functional groups attached to an aromatic ring is 1. The number of H-pyrrole nitrogens is 1. The standard InChI is InChI=1S/C18H22N4O3/c1-2-9-22-16(19)15(17(24)20-18(22)25)14(23)11-21-10-5-7-12-6-3-4-8-13(12)21/h3-4,6,8H,2,5,7,9-11,19H2,1H3,(H,20,24,25). The Morgan fingerprint density at radius 3 is 2.80 bits per heavy atom. The molecule has 1 aromatic heterocycles. The van der Waals surface area contributed by atoms with E-state index in [2.05, 4.69) is 11.1 Å². The lowest BCUT2D eigenvalue weighted by molar-refractivity contribution is 0.0997. The molecular weight excluding hydrogens is 320 g/mol. The van der Waals surface area contributed by atoms with E-state index in [9.17, 15) is 14.4 Å². The predicted octanol–water partition coefficient (Wildman–Crippen LogP) is 1.16. The second-order valence-corrected chi connectivity index (χ2v) is 6.25. The summed E-state index contributed by atoms with van der Waals surface area (Å²) in [5.74, 6) is -0.425. The van der Waals surface area contributed by atoms with Gasteiger partial charge in [-0.1, -0.05) is 25.1 Å². The highest BCUT2D eigenvalue weighted by Gasteiger charge is 2.24. The van der Waals surface area contributed by atoms with Gasteiger partial charge < -0.3 is 10.6 Å². The van der Waals surface area contributed by atoms with Gasteiger partial charge in [0.25, 0.3) is 5.56 Å². The van der Waals surface area contributed by atoms with E-state index < -0.39 is 11.2 Å². The van der Waals surface area contributed by atoms with E-state index in [0.29, 0.717) is 13.0 Å². The maximum Gasteiger partial charge on any atom is 0.329 e. The highest BCUT2D eigenvalue weighted by molar-refractivity contribution is 6.02. The zero-order valence-electron chi connectivity index (χ0n) is 14.2. The molecule has 0 unspecified atom stereocenters. The number of aromatic amines is 1.